The summed E-state index contributed by atoms with van der Waals surface area (Å²) >= 11 is 0. The van der Waals surface area contributed by atoms with Gasteiger partial charge in [0.1, 0.15) is 5.75 Å². The molecule has 0 aromatic heterocycles. The topological polar surface area (TPSA) is 34.0 Å². The minimum absolute atomic E-state index is 0.114. The SMILES string of the molecule is C=CC[NH+]1CCN(C(=O)[C@H](CC)Oc2ccccc2C)CC1. The molecule has 2 rings (SSSR count). The summed E-state index contributed by atoms with van der Waals surface area (Å²) in [5.41, 5.74) is 1.06. The number of rotatable bonds is 6. The first-order chi connectivity index (χ1) is 10.7. The van der Waals surface area contributed by atoms with E-state index in [0.29, 0.717) is 6.42 Å². The summed E-state index contributed by atoms with van der Waals surface area (Å²) in [5.74, 6) is 0.919. The summed E-state index contributed by atoms with van der Waals surface area (Å²) in [6.07, 6.45) is 2.25. The van der Waals surface area contributed by atoms with Crippen molar-refractivity contribution in [3.63, 3.8) is 0 Å². The molecule has 0 radical (unpaired) electrons. The second-order valence-corrected chi connectivity index (χ2v) is 5.85. The second-order valence-electron chi connectivity index (χ2n) is 5.85. The van der Waals surface area contributed by atoms with Gasteiger partial charge in [-0.3, -0.25) is 4.79 Å². The first-order valence-corrected chi connectivity index (χ1v) is 8.11. The highest BCUT2D eigenvalue weighted by atomic mass is 16.5. The molecule has 0 spiro atoms. The Labute approximate surface area is 133 Å². The Balaban J connectivity index is 1.95. The number of nitrogens with zero attached hydrogens (tertiary/aromatic N) is 1. The van der Waals surface area contributed by atoms with Gasteiger partial charge in [0.2, 0.25) is 0 Å². The Hall–Kier alpha value is -1.81. The lowest BCUT2D eigenvalue weighted by Gasteiger charge is -2.33. The Morgan fingerprint density at radius 1 is 1.41 bits per heavy atom. The molecule has 4 heteroatoms. The van der Waals surface area contributed by atoms with Crippen LogP contribution in [0.25, 0.3) is 0 Å². The third-order valence-electron chi connectivity index (χ3n) is 4.22. The molecule has 1 aromatic carbocycles. The fraction of sp³-hybridized carbons (Fsp3) is 0.500. The van der Waals surface area contributed by atoms with E-state index in [0.717, 1.165) is 44.0 Å². The van der Waals surface area contributed by atoms with Crippen molar-refractivity contribution >= 4 is 5.91 Å². The lowest BCUT2D eigenvalue weighted by atomic mass is 10.2. The molecule has 1 saturated heterocycles. The van der Waals surface area contributed by atoms with E-state index in [-0.39, 0.29) is 12.0 Å². The molecular formula is C18H27N2O2+. The number of aryl methyl sites for hydroxylation is 1. The van der Waals surface area contributed by atoms with Crippen molar-refractivity contribution in [1.29, 1.82) is 0 Å². The van der Waals surface area contributed by atoms with Crippen molar-refractivity contribution < 1.29 is 14.4 Å². The largest absolute Gasteiger partial charge is 0.480 e. The van der Waals surface area contributed by atoms with E-state index in [4.69, 9.17) is 4.74 Å². The molecule has 1 amide bonds. The monoisotopic (exact) mass is 303 g/mol. The molecule has 1 N–H and O–H groups in total. The molecule has 1 atom stereocenters. The van der Waals surface area contributed by atoms with Crippen molar-refractivity contribution in [3.05, 3.63) is 42.5 Å². The van der Waals surface area contributed by atoms with Gasteiger partial charge in [0, 0.05) is 0 Å². The summed E-state index contributed by atoms with van der Waals surface area (Å²) < 4.78 is 5.97. The van der Waals surface area contributed by atoms with Crippen LogP contribution in [0, 0.1) is 6.92 Å². The molecule has 1 aromatic rings. The van der Waals surface area contributed by atoms with Crippen LogP contribution in [0.5, 0.6) is 5.75 Å². The first-order valence-electron chi connectivity index (χ1n) is 8.11. The van der Waals surface area contributed by atoms with E-state index < -0.39 is 0 Å². The summed E-state index contributed by atoms with van der Waals surface area (Å²) in [6, 6.07) is 7.85. The highest BCUT2D eigenvalue weighted by Gasteiger charge is 2.29. The Morgan fingerprint density at radius 3 is 2.68 bits per heavy atom. The average molecular weight is 303 g/mol. The fourth-order valence-electron chi connectivity index (χ4n) is 2.81. The van der Waals surface area contributed by atoms with Gasteiger partial charge in [0.05, 0.1) is 32.7 Å². The van der Waals surface area contributed by atoms with Gasteiger partial charge in [0.15, 0.2) is 6.10 Å². The lowest BCUT2D eigenvalue weighted by molar-refractivity contribution is -0.898. The van der Waals surface area contributed by atoms with Gasteiger partial charge < -0.3 is 14.5 Å². The van der Waals surface area contributed by atoms with Crippen molar-refractivity contribution in [3.8, 4) is 5.75 Å². The van der Waals surface area contributed by atoms with E-state index in [9.17, 15) is 4.79 Å². The smallest absolute Gasteiger partial charge is 0.264 e. The predicted octanol–water partition coefficient (Wildman–Crippen LogP) is 1.07. The molecule has 1 fully saturated rings. The van der Waals surface area contributed by atoms with Gasteiger partial charge in [-0.2, -0.15) is 0 Å². The molecule has 0 aliphatic carbocycles. The summed E-state index contributed by atoms with van der Waals surface area (Å²) in [5, 5.41) is 0. The van der Waals surface area contributed by atoms with Gasteiger partial charge in [-0.25, -0.2) is 0 Å². The van der Waals surface area contributed by atoms with Crippen molar-refractivity contribution in [1.82, 2.24) is 4.90 Å². The highest BCUT2D eigenvalue weighted by molar-refractivity contribution is 5.81. The summed E-state index contributed by atoms with van der Waals surface area (Å²) in [7, 11) is 0. The van der Waals surface area contributed by atoms with Crippen molar-refractivity contribution in [2.24, 2.45) is 0 Å². The van der Waals surface area contributed by atoms with E-state index in [2.05, 4.69) is 6.58 Å². The maximum atomic E-state index is 12.7. The minimum Gasteiger partial charge on any atom is -0.480 e. The third kappa shape index (κ3) is 4.10. The molecule has 0 unspecified atom stereocenters. The zero-order chi connectivity index (χ0) is 15.9. The number of hydrogen-bond acceptors (Lipinski definition) is 2. The molecule has 1 heterocycles. The van der Waals surface area contributed by atoms with Crippen molar-refractivity contribution in [2.75, 3.05) is 32.7 Å². The zero-order valence-corrected chi connectivity index (χ0v) is 13.7. The molecular weight excluding hydrogens is 276 g/mol. The van der Waals surface area contributed by atoms with Gasteiger partial charge in [-0.1, -0.05) is 31.7 Å². The Bertz CT molecular complexity index is 508. The van der Waals surface area contributed by atoms with Gasteiger partial charge >= 0.3 is 0 Å². The molecule has 120 valence electrons. The van der Waals surface area contributed by atoms with Crippen LogP contribution < -0.4 is 9.64 Å². The van der Waals surface area contributed by atoms with Crippen LogP contribution in [0.15, 0.2) is 36.9 Å². The van der Waals surface area contributed by atoms with Crippen LogP contribution in [0.4, 0.5) is 0 Å². The average Bonchev–Trinajstić information content (AvgIpc) is 2.54. The predicted molar refractivity (Wildman–Crippen MR) is 88.2 cm³/mol. The molecule has 0 saturated carbocycles. The number of quaternary nitrogens is 1. The standard InChI is InChI=1S/C18H26N2O2/c1-4-10-19-11-13-20(14-12-19)18(21)16(5-2)22-17-9-7-6-8-15(17)3/h4,6-9,16H,1,5,10-14H2,2-3H3/p+1/t16-/m0/s1. The van der Waals surface area contributed by atoms with Crippen LogP contribution in [-0.2, 0) is 4.79 Å². The van der Waals surface area contributed by atoms with Crippen LogP contribution in [-0.4, -0.2) is 49.6 Å². The maximum Gasteiger partial charge on any atom is 0.264 e. The van der Waals surface area contributed by atoms with Crippen LogP contribution in [0.2, 0.25) is 0 Å². The molecule has 4 nitrogen and oxygen atoms in total. The molecule has 1 aliphatic rings. The van der Waals surface area contributed by atoms with Gasteiger partial charge in [-0.15, -0.1) is 0 Å². The molecule has 1 aliphatic heterocycles. The Morgan fingerprint density at radius 2 is 2.09 bits per heavy atom. The number of para-hydroxylation sites is 1. The zero-order valence-electron chi connectivity index (χ0n) is 13.7. The maximum absolute atomic E-state index is 12.7. The normalized spacial score (nSPS) is 17.1. The van der Waals surface area contributed by atoms with Crippen molar-refractivity contribution in [2.45, 2.75) is 26.4 Å². The van der Waals surface area contributed by atoms with Gasteiger partial charge in [0.25, 0.3) is 5.91 Å². The quantitative estimate of drug-likeness (QED) is 0.798. The number of hydrogen-bond donors (Lipinski definition) is 1. The summed E-state index contributed by atoms with van der Waals surface area (Å²) in [6.45, 7) is 12.3. The fourth-order valence-corrected chi connectivity index (χ4v) is 2.81. The van der Waals surface area contributed by atoms with Crippen LogP contribution >= 0.6 is 0 Å². The van der Waals surface area contributed by atoms with E-state index >= 15 is 0 Å². The number of carbonyl (C=O) groups excluding carboxylic acids is 1. The number of ether oxygens (including phenoxy) is 1. The minimum atomic E-state index is -0.387. The number of nitrogens with one attached hydrogen (secondary N) is 1. The number of carbonyl (C=O) groups is 1. The molecule has 22 heavy (non-hydrogen) atoms. The van der Waals surface area contributed by atoms with E-state index in [1.807, 2.05) is 49.1 Å². The summed E-state index contributed by atoms with van der Waals surface area (Å²) in [4.78, 5) is 16.1. The lowest BCUT2D eigenvalue weighted by Crippen LogP contribution is -3.14. The van der Waals surface area contributed by atoms with Crippen LogP contribution in [0.3, 0.4) is 0 Å². The third-order valence-corrected chi connectivity index (χ3v) is 4.22. The van der Waals surface area contributed by atoms with E-state index in [1.54, 1.807) is 0 Å². The van der Waals surface area contributed by atoms with E-state index in [1.165, 1.54) is 4.90 Å². The molecule has 0 bridgehead atoms. The second kappa shape index (κ2) is 7.99. The first kappa shape index (κ1) is 16.6. The van der Waals surface area contributed by atoms with Gasteiger partial charge in [-0.05, 0) is 31.1 Å². The van der Waals surface area contributed by atoms with Crippen LogP contribution in [0.1, 0.15) is 18.9 Å². The number of benzene rings is 1. The Kier molecular flexibility index (Phi) is 6.01. The number of piperazine rings is 1. The highest BCUT2D eigenvalue weighted by Crippen LogP contribution is 2.19. The number of amides is 1.